The first-order valence-corrected chi connectivity index (χ1v) is 14.9. The molecule has 0 amide bonds. The average Bonchev–Trinajstić information content (AvgIpc) is 2.97. The summed E-state index contributed by atoms with van der Waals surface area (Å²) < 4.78 is 68.3. The van der Waals surface area contributed by atoms with Crippen molar-refractivity contribution in [3.63, 3.8) is 0 Å². The monoisotopic (exact) mass is 670 g/mol. The first kappa shape index (κ1) is 40.2. The molecule has 1 atom stereocenters. The van der Waals surface area contributed by atoms with Crippen LogP contribution in [0.15, 0.2) is 48.5 Å². The van der Waals surface area contributed by atoms with E-state index in [-0.39, 0.29) is 38.6 Å². The smallest absolute Gasteiger partial charge is 0.416 e. The average molecular weight is 671 g/mol. The Morgan fingerprint density at radius 1 is 0.978 bits per heavy atom. The Morgan fingerprint density at radius 3 is 2.20 bits per heavy atom. The molecule has 3 aromatic rings. The maximum Gasteiger partial charge on any atom is 0.416 e. The van der Waals surface area contributed by atoms with E-state index in [9.17, 15) is 27.2 Å². The predicted octanol–water partition coefficient (Wildman–Crippen LogP) is 10.3. The van der Waals surface area contributed by atoms with Gasteiger partial charge in [0.15, 0.2) is 0 Å². The van der Waals surface area contributed by atoms with Gasteiger partial charge in [0, 0.05) is 24.5 Å². The number of benzene rings is 3. The molecule has 0 saturated heterocycles. The highest BCUT2D eigenvalue weighted by atomic mass is 35.5. The van der Waals surface area contributed by atoms with Gasteiger partial charge in [-0.2, -0.15) is 13.2 Å². The Labute approximate surface area is 273 Å². The largest absolute Gasteiger partial charge is 0.496 e. The van der Waals surface area contributed by atoms with Gasteiger partial charge in [0.25, 0.3) is 0 Å². The molecule has 11 heteroatoms. The maximum atomic E-state index is 13.5. The highest BCUT2D eigenvalue weighted by Crippen LogP contribution is 2.40. The van der Waals surface area contributed by atoms with Gasteiger partial charge >= 0.3 is 18.1 Å². The molecule has 0 heterocycles. The Hall–Kier alpha value is -3.79. The number of carboxylic acid groups (broad SMARTS) is 1. The van der Waals surface area contributed by atoms with Gasteiger partial charge in [0.05, 0.1) is 24.3 Å². The summed E-state index contributed by atoms with van der Waals surface area (Å²) in [5, 5.41) is 9.05. The summed E-state index contributed by atoms with van der Waals surface area (Å²) in [5.74, 6) is -0.687. The number of alkyl halides is 3. The number of hydrogen-bond donors (Lipinski definition) is 1. The second-order valence-corrected chi connectivity index (χ2v) is 11.0. The third-order valence-electron chi connectivity index (χ3n) is 6.69. The van der Waals surface area contributed by atoms with E-state index in [1.54, 1.807) is 38.1 Å². The summed E-state index contributed by atoms with van der Waals surface area (Å²) in [5.41, 5.74) is 2.59. The number of esters is 1. The van der Waals surface area contributed by atoms with Crippen molar-refractivity contribution in [1.82, 2.24) is 0 Å². The van der Waals surface area contributed by atoms with Crippen LogP contribution in [0, 0.1) is 18.7 Å². The molecule has 0 aliphatic rings. The third-order valence-corrected chi connectivity index (χ3v) is 6.99. The van der Waals surface area contributed by atoms with Crippen LogP contribution in [0.3, 0.4) is 0 Å². The molecule has 3 aromatic carbocycles. The standard InChI is InChI=1S/C19H20ClFO4.C15H19F3O2.CH4/c1-3-12-9-13(21)6-7-14(12)15-10-18(16(20)11-17(15)24-2)25-8-4-5-19(22)23;1-5-13(19)20-14(9(2)3)11-6-10(4)7-12(8-11)15(16,17)18;/h6-7,9-11H,3-5,8H2,1-2H3,(H,22,23);6-9,14H,5H2,1-4H3;1H4. The van der Waals surface area contributed by atoms with Gasteiger partial charge in [-0.1, -0.05) is 64.4 Å². The third kappa shape index (κ3) is 11.9. The Balaban J connectivity index is 0.000000462. The molecule has 6 nitrogen and oxygen atoms in total. The van der Waals surface area contributed by atoms with E-state index in [4.69, 9.17) is 30.9 Å². The Kier molecular flexibility index (Phi) is 16.1. The van der Waals surface area contributed by atoms with Crippen LogP contribution in [-0.2, 0) is 26.9 Å². The van der Waals surface area contributed by atoms with E-state index in [0.29, 0.717) is 40.5 Å². The molecule has 1 N–H and O–H groups in total. The van der Waals surface area contributed by atoms with E-state index in [1.165, 1.54) is 19.2 Å². The Bertz CT molecular complexity index is 1460. The minimum Gasteiger partial charge on any atom is -0.496 e. The van der Waals surface area contributed by atoms with Gasteiger partial charge in [-0.25, -0.2) is 4.39 Å². The summed E-state index contributed by atoms with van der Waals surface area (Å²) in [6.07, 6.45) is -3.81. The minimum absolute atomic E-state index is 0. The van der Waals surface area contributed by atoms with Gasteiger partial charge in [0.2, 0.25) is 0 Å². The predicted molar refractivity (Wildman–Crippen MR) is 172 cm³/mol. The number of halogens is 5. The fraction of sp³-hybridized carbons (Fsp3) is 0.429. The van der Waals surface area contributed by atoms with Crippen molar-refractivity contribution in [3.8, 4) is 22.6 Å². The molecular weight excluding hydrogens is 628 g/mol. The van der Waals surface area contributed by atoms with Crippen LogP contribution in [-0.4, -0.2) is 30.8 Å². The number of hydrogen-bond acceptors (Lipinski definition) is 5. The number of carbonyl (C=O) groups excluding carboxylic acids is 1. The van der Waals surface area contributed by atoms with Crippen LogP contribution in [0.1, 0.15) is 82.7 Å². The molecule has 0 aliphatic heterocycles. The SMILES string of the molecule is C.CCC(=O)OC(c1cc(C)cc(C(F)(F)F)c1)C(C)C.CCc1cc(F)ccc1-c1cc(OCCCC(=O)O)c(Cl)cc1OC. The van der Waals surface area contributed by atoms with Crippen LogP contribution in [0.5, 0.6) is 11.5 Å². The molecule has 0 aromatic heterocycles. The topological polar surface area (TPSA) is 82.1 Å². The van der Waals surface area contributed by atoms with Crippen molar-refractivity contribution in [1.29, 1.82) is 0 Å². The van der Waals surface area contributed by atoms with E-state index in [0.717, 1.165) is 28.8 Å². The second-order valence-electron chi connectivity index (χ2n) is 10.6. The van der Waals surface area contributed by atoms with Crippen LogP contribution < -0.4 is 9.47 Å². The number of aryl methyl sites for hydroxylation is 2. The van der Waals surface area contributed by atoms with E-state index in [2.05, 4.69) is 0 Å². The van der Waals surface area contributed by atoms with Crippen molar-refractivity contribution >= 4 is 23.5 Å². The summed E-state index contributed by atoms with van der Waals surface area (Å²) in [6.45, 7) is 9.05. The van der Waals surface area contributed by atoms with E-state index < -0.39 is 29.8 Å². The lowest BCUT2D eigenvalue weighted by molar-refractivity contribution is -0.151. The Morgan fingerprint density at radius 2 is 1.65 bits per heavy atom. The molecule has 0 fully saturated rings. The van der Waals surface area contributed by atoms with Gasteiger partial charge in [-0.15, -0.1) is 0 Å². The molecule has 3 rings (SSSR count). The number of carboxylic acids is 1. The quantitative estimate of drug-likeness (QED) is 0.117. The molecule has 254 valence electrons. The first-order valence-electron chi connectivity index (χ1n) is 14.5. The molecule has 46 heavy (non-hydrogen) atoms. The summed E-state index contributed by atoms with van der Waals surface area (Å²) in [7, 11) is 1.54. The normalized spacial score (nSPS) is 11.6. The molecule has 0 radical (unpaired) electrons. The van der Waals surface area contributed by atoms with Crippen LogP contribution >= 0.6 is 11.6 Å². The lowest BCUT2D eigenvalue weighted by atomic mass is 9.95. The zero-order valence-corrected chi connectivity index (χ0v) is 26.9. The number of aliphatic carboxylic acids is 1. The minimum atomic E-state index is -4.41. The highest BCUT2D eigenvalue weighted by Gasteiger charge is 2.32. The fourth-order valence-corrected chi connectivity index (χ4v) is 4.71. The molecular formula is C35H43ClF4O6. The summed E-state index contributed by atoms with van der Waals surface area (Å²) in [4.78, 5) is 22.0. The van der Waals surface area contributed by atoms with E-state index >= 15 is 0 Å². The van der Waals surface area contributed by atoms with Crippen molar-refractivity contribution in [2.45, 2.75) is 80.0 Å². The van der Waals surface area contributed by atoms with Crippen LogP contribution in [0.2, 0.25) is 5.02 Å². The molecule has 1 unspecified atom stereocenters. The van der Waals surface area contributed by atoms with Crippen LogP contribution in [0.25, 0.3) is 11.1 Å². The first-order chi connectivity index (χ1) is 21.1. The van der Waals surface area contributed by atoms with Gasteiger partial charge in [0.1, 0.15) is 23.4 Å². The van der Waals surface area contributed by atoms with Crippen molar-refractivity contribution in [2.24, 2.45) is 5.92 Å². The van der Waals surface area contributed by atoms with Gasteiger partial charge < -0.3 is 19.3 Å². The highest BCUT2D eigenvalue weighted by molar-refractivity contribution is 6.32. The number of ether oxygens (including phenoxy) is 3. The van der Waals surface area contributed by atoms with Crippen molar-refractivity contribution in [3.05, 3.63) is 81.6 Å². The van der Waals surface area contributed by atoms with Crippen molar-refractivity contribution in [2.75, 3.05) is 13.7 Å². The lowest BCUT2D eigenvalue weighted by Gasteiger charge is -2.23. The molecule has 0 spiro atoms. The molecule has 0 saturated carbocycles. The number of methoxy groups -OCH3 is 1. The van der Waals surface area contributed by atoms with Gasteiger partial charge in [-0.05, 0) is 72.7 Å². The van der Waals surface area contributed by atoms with E-state index in [1.807, 2.05) is 20.8 Å². The molecule has 0 aliphatic carbocycles. The number of rotatable bonds is 12. The zero-order chi connectivity index (χ0) is 33.9. The van der Waals surface area contributed by atoms with Crippen LogP contribution in [0.4, 0.5) is 17.6 Å². The lowest BCUT2D eigenvalue weighted by Crippen LogP contribution is -2.17. The van der Waals surface area contributed by atoms with Crippen molar-refractivity contribution < 1.29 is 46.5 Å². The second kappa shape index (κ2) is 18.4. The summed E-state index contributed by atoms with van der Waals surface area (Å²) >= 11 is 6.23. The molecule has 0 bridgehead atoms. The zero-order valence-electron chi connectivity index (χ0n) is 26.2. The number of carbonyl (C=O) groups is 2. The fourth-order valence-electron chi connectivity index (χ4n) is 4.50. The maximum absolute atomic E-state index is 13.5. The van der Waals surface area contributed by atoms with Gasteiger partial charge in [-0.3, -0.25) is 9.59 Å². The summed E-state index contributed by atoms with van der Waals surface area (Å²) in [6, 6.07) is 11.8.